The standard InChI is InChI=1S/C11H16O3/c1-2-3-8-14-11(12)7-6-10-5-4-9-13-10/h4-5,9H,2-3,6-8H2,1H3. The van der Waals surface area contributed by atoms with Gasteiger partial charge >= 0.3 is 5.97 Å². The van der Waals surface area contributed by atoms with E-state index >= 15 is 0 Å². The van der Waals surface area contributed by atoms with Crippen LogP contribution in [-0.4, -0.2) is 12.6 Å². The molecule has 0 aliphatic carbocycles. The van der Waals surface area contributed by atoms with Gasteiger partial charge in [-0.25, -0.2) is 0 Å². The summed E-state index contributed by atoms with van der Waals surface area (Å²) >= 11 is 0. The van der Waals surface area contributed by atoms with E-state index in [0.717, 1.165) is 18.6 Å². The Balaban J connectivity index is 2.09. The van der Waals surface area contributed by atoms with E-state index in [-0.39, 0.29) is 5.97 Å². The molecule has 3 nitrogen and oxygen atoms in total. The molecule has 1 aromatic rings. The summed E-state index contributed by atoms with van der Waals surface area (Å²) in [7, 11) is 0. The number of carbonyl (C=O) groups is 1. The van der Waals surface area contributed by atoms with E-state index in [1.165, 1.54) is 0 Å². The molecule has 0 spiro atoms. The molecule has 0 radical (unpaired) electrons. The second kappa shape index (κ2) is 6.24. The fourth-order valence-electron chi connectivity index (χ4n) is 1.08. The van der Waals surface area contributed by atoms with E-state index in [1.807, 2.05) is 12.1 Å². The molecular weight excluding hydrogens is 180 g/mol. The summed E-state index contributed by atoms with van der Waals surface area (Å²) in [4.78, 5) is 11.1. The molecule has 0 aliphatic rings. The Morgan fingerprint density at radius 2 is 2.43 bits per heavy atom. The van der Waals surface area contributed by atoms with Crippen LogP contribution in [0.4, 0.5) is 0 Å². The number of rotatable bonds is 6. The molecule has 14 heavy (non-hydrogen) atoms. The highest BCUT2D eigenvalue weighted by atomic mass is 16.5. The van der Waals surface area contributed by atoms with Gasteiger partial charge in [-0.05, 0) is 18.6 Å². The Labute approximate surface area is 84.1 Å². The SMILES string of the molecule is CCCCOC(=O)CCc1ccco1. The quantitative estimate of drug-likeness (QED) is 0.518. The number of aryl methyl sites for hydroxylation is 1. The van der Waals surface area contributed by atoms with Crippen molar-refractivity contribution in [2.45, 2.75) is 32.6 Å². The molecule has 0 atom stereocenters. The molecule has 0 bridgehead atoms. The van der Waals surface area contributed by atoms with Crippen LogP contribution in [0.5, 0.6) is 0 Å². The van der Waals surface area contributed by atoms with E-state index in [0.29, 0.717) is 19.4 Å². The Kier molecular flexibility index (Phi) is 4.83. The number of hydrogen-bond acceptors (Lipinski definition) is 3. The summed E-state index contributed by atoms with van der Waals surface area (Å²) < 4.78 is 10.1. The van der Waals surface area contributed by atoms with Gasteiger partial charge in [-0.15, -0.1) is 0 Å². The third kappa shape index (κ3) is 4.12. The van der Waals surface area contributed by atoms with Crippen molar-refractivity contribution in [3.8, 4) is 0 Å². The van der Waals surface area contributed by atoms with Crippen LogP contribution in [0.15, 0.2) is 22.8 Å². The van der Waals surface area contributed by atoms with Gasteiger partial charge < -0.3 is 9.15 Å². The molecule has 1 heterocycles. The number of esters is 1. The summed E-state index contributed by atoms with van der Waals surface area (Å²) in [6.07, 6.45) is 4.62. The Hall–Kier alpha value is -1.25. The van der Waals surface area contributed by atoms with Gasteiger partial charge in [-0.3, -0.25) is 4.79 Å². The first kappa shape index (κ1) is 10.8. The molecule has 1 rings (SSSR count). The first-order chi connectivity index (χ1) is 6.83. The van der Waals surface area contributed by atoms with Gasteiger partial charge in [0.2, 0.25) is 0 Å². The van der Waals surface area contributed by atoms with E-state index in [2.05, 4.69) is 6.92 Å². The predicted octanol–water partition coefficient (Wildman–Crippen LogP) is 2.56. The van der Waals surface area contributed by atoms with Crippen LogP contribution in [-0.2, 0) is 16.0 Å². The summed E-state index contributed by atoms with van der Waals surface area (Å²) in [6, 6.07) is 3.68. The van der Waals surface area contributed by atoms with Crippen LogP contribution in [0, 0.1) is 0 Å². The molecule has 0 saturated heterocycles. The van der Waals surface area contributed by atoms with E-state index < -0.39 is 0 Å². The first-order valence-corrected chi connectivity index (χ1v) is 5.01. The van der Waals surface area contributed by atoms with Crippen molar-refractivity contribution in [2.24, 2.45) is 0 Å². The monoisotopic (exact) mass is 196 g/mol. The zero-order valence-electron chi connectivity index (χ0n) is 8.49. The fourth-order valence-corrected chi connectivity index (χ4v) is 1.08. The van der Waals surface area contributed by atoms with Gasteiger partial charge in [0.15, 0.2) is 0 Å². The zero-order valence-corrected chi connectivity index (χ0v) is 8.49. The Bertz CT molecular complexity index is 252. The normalized spacial score (nSPS) is 10.1. The first-order valence-electron chi connectivity index (χ1n) is 5.01. The summed E-state index contributed by atoms with van der Waals surface area (Å²) in [5.74, 6) is 0.687. The van der Waals surface area contributed by atoms with Crippen LogP contribution >= 0.6 is 0 Å². The molecule has 0 aromatic carbocycles. The minimum absolute atomic E-state index is 0.144. The van der Waals surface area contributed by atoms with E-state index in [9.17, 15) is 4.79 Å². The summed E-state index contributed by atoms with van der Waals surface area (Å²) in [6.45, 7) is 2.60. The predicted molar refractivity (Wildman–Crippen MR) is 52.9 cm³/mol. The minimum Gasteiger partial charge on any atom is -0.469 e. The molecule has 1 aromatic heterocycles. The van der Waals surface area contributed by atoms with Crippen molar-refractivity contribution >= 4 is 5.97 Å². The second-order valence-corrected chi connectivity index (χ2v) is 3.15. The average Bonchev–Trinajstić information content (AvgIpc) is 2.68. The number of carbonyl (C=O) groups excluding carboxylic acids is 1. The average molecular weight is 196 g/mol. The lowest BCUT2D eigenvalue weighted by atomic mass is 10.2. The maximum absolute atomic E-state index is 11.1. The molecule has 0 aliphatic heterocycles. The zero-order chi connectivity index (χ0) is 10.2. The highest BCUT2D eigenvalue weighted by Crippen LogP contribution is 2.04. The van der Waals surface area contributed by atoms with E-state index in [4.69, 9.17) is 9.15 Å². The second-order valence-electron chi connectivity index (χ2n) is 3.15. The Morgan fingerprint density at radius 1 is 1.57 bits per heavy atom. The van der Waals surface area contributed by atoms with Crippen molar-refractivity contribution in [2.75, 3.05) is 6.61 Å². The van der Waals surface area contributed by atoms with Crippen molar-refractivity contribution < 1.29 is 13.9 Å². The van der Waals surface area contributed by atoms with E-state index in [1.54, 1.807) is 6.26 Å². The number of unbranched alkanes of at least 4 members (excludes halogenated alkanes) is 1. The van der Waals surface area contributed by atoms with Crippen molar-refractivity contribution in [1.29, 1.82) is 0 Å². The molecule has 78 valence electrons. The highest BCUT2D eigenvalue weighted by Gasteiger charge is 2.04. The molecular formula is C11H16O3. The van der Waals surface area contributed by atoms with Crippen LogP contribution in [0.2, 0.25) is 0 Å². The van der Waals surface area contributed by atoms with Gasteiger partial charge in [0.25, 0.3) is 0 Å². The summed E-state index contributed by atoms with van der Waals surface area (Å²) in [5, 5.41) is 0. The van der Waals surface area contributed by atoms with Crippen LogP contribution in [0.25, 0.3) is 0 Å². The van der Waals surface area contributed by atoms with Gasteiger partial charge in [0.05, 0.1) is 19.3 Å². The minimum atomic E-state index is -0.144. The third-order valence-electron chi connectivity index (χ3n) is 1.92. The molecule has 0 saturated carbocycles. The molecule has 0 fully saturated rings. The third-order valence-corrected chi connectivity index (χ3v) is 1.92. The van der Waals surface area contributed by atoms with Crippen LogP contribution in [0.1, 0.15) is 31.9 Å². The van der Waals surface area contributed by atoms with Crippen LogP contribution < -0.4 is 0 Å². The van der Waals surface area contributed by atoms with Gasteiger partial charge in [-0.1, -0.05) is 13.3 Å². The van der Waals surface area contributed by atoms with Crippen molar-refractivity contribution in [3.05, 3.63) is 24.2 Å². The maximum atomic E-state index is 11.1. The Morgan fingerprint density at radius 3 is 3.07 bits per heavy atom. The van der Waals surface area contributed by atoms with Gasteiger partial charge in [0, 0.05) is 6.42 Å². The lowest BCUT2D eigenvalue weighted by molar-refractivity contribution is -0.143. The van der Waals surface area contributed by atoms with Gasteiger partial charge in [0.1, 0.15) is 5.76 Å². The highest BCUT2D eigenvalue weighted by molar-refractivity contribution is 5.69. The summed E-state index contributed by atoms with van der Waals surface area (Å²) in [5.41, 5.74) is 0. The largest absolute Gasteiger partial charge is 0.469 e. The number of ether oxygens (including phenoxy) is 1. The fraction of sp³-hybridized carbons (Fsp3) is 0.545. The van der Waals surface area contributed by atoms with Gasteiger partial charge in [-0.2, -0.15) is 0 Å². The van der Waals surface area contributed by atoms with Crippen molar-refractivity contribution in [3.63, 3.8) is 0 Å². The lowest BCUT2D eigenvalue weighted by Crippen LogP contribution is -2.06. The molecule has 0 amide bonds. The lowest BCUT2D eigenvalue weighted by Gasteiger charge is -2.02. The smallest absolute Gasteiger partial charge is 0.306 e. The van der Waals surface area contributed by atoms with Crippen LogP contribution in [0.3, 0.4) is 0 Å². The molecule has 0 N–H and O–H groups in total. The number of furan rings is 1. The van der Waals surface area contributed by atoms with Crippen molar-refractivity contribution in [1.82, 2.24) is 0 Å². The maximum Gasteiger partial charge on any atom is 0.306 e. The number of hydrogen-bond donors (Lipinski definition) is 0. The molecule has 0 unspecified atom stereocenters. The molecule has 3 heteroatoms. The topological polar surface area (TPSA) is 39.4 Å².